The van der Waals surface area contributed by atoms with Crippen LogP contribution in [0, 0.1) is 0 Å². The number of anilines is 2. The first-order valence-corrected chi connectivity index (χ1v) is 10.4. The van der Waals surface area contributed by atoms with Gasteiger partial charge in [0.2, 0.25) is 0 Å². The molecular weight excluding hydrogens is 451 g/mol. The van der Waals surface area contributed by atoms with Crippen molar-refractivity contribution in [1.82, 2.24) is 0 Å². The van der Waals surface area contributed by atoms with Crippen LogP contribution in [0.5, 0.6) is 0 Å². The highest BCUT2D eigenvalue weighted by Crippen LogP contribution is 2.43. The quantitative estimate of drug-likeness (QED) is 0.231. The predicted octanol–water partition coefficient (Wildman–Crippen LogP) is 6.24. The van der Waals surface area contributed by atoms with E-state index in [0.717, 1.165) is 6.07 Å². The number of hydrogen-bond acceptors (Lipinski definition) is 8. The zero-order valence-electron chi connectivity index (χ0n) is 15.1. The Hall–Kier alpha value is -3.05. The van der Waals surface area contributed by atoms with Crippen LogP contribution in [0.4, 0.5) is 34.1 Å². The maximum atomic E-state index is 11.8. The minimum atomic E-state index is -4.71. The van der Waals surface area contributed by atoms with Crippen molar-refractivity contribution in [3.63, 3.8) is 0 Å². The smallest absolute Gasteiger partial charge is 0.296 e. The first-order chi connectivity index (χ1) is 14.2. The maximum Gasteiger partial charge on any atom is 0.296 e. The highest BCUT2D eigenvalue weighted by Gasteiger charge is 2.22. The van der Waals surface area contributed by atoms with Gasteiger partial charge in [0.1, 0.15) is 27.6 Å². The molecule has 0 atom stereocenters. The van der Waals surface area contributed by atoms with Crippen LogP contribution >= 0.6 is 23.2 Å². The summed E-state index contributed by atoms with van der Waals surface area (Å²) in [5.74, 6) is 0. The molecule has 0 bridgehead atoms. The van der Waals surface area contributed by atoms with Gasteiger partial charge in [0.15, 0.2) is 0 Å². The Kier molecular flexibility index (Phi) is 6.32. The van der Waals surface area contributed by atoms with E-state index in [1.165, 1.54) is 0 Å². The molecule has 0 aliphatic carbocycles. The molecule has 30 heavy (non-hydrogen) atoms. The molecule has 0 aromatic heterocycles. The van der Waals surface area contributed by atoms with Gasteiger partial charge in [-0.15, -0.1) is 20.5 Å². The van der Waals surface area contributed by atoms with Gasteiger partial charge in [-0.1, -0.05) is 47.5 Å². The topological polar surface area (TPSA) is 156 Å². The second-order valence-corrected chi connectivity index (χ2v) is 8.05. The Labute approximate surface area is 181 Å². The van der Waals surface area contributed by atoms with Gasteiger partial charge < -0.3 is 11.5 Å². The van der Waals surface area contributed by atoms with Gasteiger partial charge in [-0.3, -0.25) is 4.55 Å². The lowest BCUT2D eigenvalue weighted by atomic mass is 10.2. The third-order valence-corrected chi connectivity index (χ3v) is 5.36. The van der Waals surface area contributed by atoms with E-state index in [2.05, 4.69) is 20.5 Å². The van der Waals surface area contributed by atoms with Crippen molar-refractivity contribution in [3.8, 4) is 0 Å². The fourth-order valence-electron chi connectivity index (χ4n) is 2.34. The van der Waals surface area contributed by atoms with Gasteiger partial charge in [0, 0.05) is 0 Å². The van der Waals surface area contributed by atoms with Crippen LogP contribution in [-0.2, 0) is 10.1 Å². The van der Waals surface area contributed by atoms with E-state index in [-0.39, 0.29) is 17.1 Å². The molecule has 3 rings (SSSR count). The highest BCUT2D eigenvalue weighted by molar-refractivity contribution is 7.86. The monoisotopic (exact) mass is 464 g/mol. The summed E-state index contributed by atoms with van der Waals surface area (Å²) in [6.45, 7) is 0. The number of nitrogen functional groups attached to an aromatic ring is 2. The molecular formula is C18H14Cl2N6O3S. The molecule has 0 heterocycles. The predicted molar refractivity (Wildman–Crippen MR) is 116 cm³/mol. The molecule has 9 nitrogen and oxygen atoms in total. The Morgan fingerprint density at radius 2 is 1.20 bits per heavy atom. The molecule has 154 valence electrons. The first kappa shape index (κ1) is 21.7. The molecule has 0 spiro atoms. The average Bonchev–Trinajstić information content (AvgIpc) is 2.68. The summed E-state index contributed by atoms with van der Waals surface area (Å²) in [5.41, 5.74) is 11.7. The van der Waals surface area contributed by atoms with E-state index in [1.807, 2.05) is 0 Å². The van der Waals surface area contributed by atoms with E-state index in [4.69, 9.17) is 34.7 Å². The lowest BCUT2D eigenvalue weighted by molar-refractivity contribution is 0.483. The molecule has 0 radical (unpaired) electrons. The minimum Gasteiger partial charge on any atom is -0.396 e. The summed E-state index contributed by atoms with van der Waals surface area (Å²) >= 11 is 12.1. The molecule has 0 fully saturated rings. The zero-order valence-corrected chi connectivity index (χ0v) is 17.4. The van der Waals surface area contributed by atoms with E-state index in [1.54, 1.807) is 48.5 Å². The molecule has 0 aliphatic heterocycles. The van der Waals surface area contributed by atoms with Crippen molar-refractivity contribution in [2.24, 2.45) is 20.5 Å². The Morgan fingerprint density at radius 1 is 0.733 bits per heavy atom. The summed E-state index contributed by atoms with van der Waals surface area (Å²) < 4.78 is 33.1. The number of nitrogens with zero attached hydrogens (tertiary/aromatic N) is 4. The van der Waals surface area contributed by atoms with Crippen molar-refractivity contribution < 1.29 is 13.0 Å². The van der Waals surface area contributed by atoms with Crippen molar-refractivity contribution in [2.45, 2.75) is 4.90 Å². The van der Waals surface area contributed by atoms with Crippen molar-refractivity contribution in [2.75, 3.05) is 11.5 Å². The lowest BCUT2D eigenvalue weighted by Gasteiger charge is -2.10. The van der Waals surface area contributed by atoms with E-state index >= 15 is 0 Å². The standard InChI is InChI=1S/C18H14Cl2N6O3S/c19-10-5-1-3-7-12(10)23-25-14-9-15(30(27,28)29)17(22)18(16(14)21)26-24-13-8-4-2-6-11(13)20/h1-9H,21-22H2,(H,27,28,29). The average molecular weight is 465 g/mol. The number of halogens is 2. The Balaban J connectivity index is 2.16. The first-order valence-electron chi connectivity index (χ1n) is 8.20. The largest absolute Gasteiger partial charge is 0.396 e. The van der Waals surface area contributed by atoms with Crippen LogP contribution in [-0.4, -0.2) is 13.0 Å². The van der Waals surface area contributed by atoms with Crippen molar-refractivity contribution >= 4 is 67.4 Å². The summed E-state index contributed by atoms with van der Waals surface area (Å²) in [7, 11) is -4.71. The van der Waals surface area contributed by atoms with E-state index in [0.29, 0.717) is 21.4 Å². The number of nitrogens with two attached hydrogens (primary N) is 2. The van der Waals surface area contributed by atoms with Gasteiger partial charge in [0.25, 0.3) is 10.1 Å². The van der Waals surface area contributed by atoms with Crippen LogP contribution in [0.2, 0.25) is 10.0 Å². The molecule has 3 aromatic carbocycles. The van der Waals surface area contributed by atoms with E-state index in [9.17, 15) is 13.0 Å². The SMILES string of the molecule is Nc1c(N=Nc2ccccc2Cl)cc(S(=O)(=O)O)c(N)c1N=Nc1ccccc1Cl. The minimum absolute atomic E-state index is 0.105. The number of azo groups is 2. The molecule has 0 saturated heterocycles. The van der Waals surface area contributed by atoms with Crippen LogP contribution in [0.3, 0.4) is 0 Å². The summed E-state index contributed by atoms with van der Waals surface area (Å²) in [6.07, 6.45) is 0. The van der Waals surface area contributed by atoms with Gasteiger partial charge in [-0.05, 0) is 30.3 Å². The van der Waals surface area contributed by atoms with Crippen LogP contribution < -0.4 is 11.5 Å². The van der Waals surface area contributed by atoms with Gasteiger partial charge in [0.05, 0.1) is 21.4 Å². The summed E-state index contributed by atoms with van der Waals surface area (Å²) in [5, 5.41) is 16.4. The number of hydrogen-bond donors (Lipinski definition) is 3. The van der Waals surface area contributed by atoms with Gasteiger partial charge in [-0.25, -0.2) is 0 Å². The molecule has 0 unspecified atom stereocenters. The molecule has 3 aromatic rings. The third kappa shape index (κ3) is 4.74. The Morgan fingerprint density at radius 3 is 1.70 bits per heavy atom. The van der Waals surface area contributed by atoms with Crippen LogP contribution in [0.25, 0.3) is 0 Å². The molecule has 0 aliphatic rings. The summed E-state index contributed by atoms with van der Waals surface area (Å²) in [4.78, 5) is -0.641. The van der Waals surface area contributed by atoms with Gasteiger partial charge in [-0.2, -0.15) is 8.42 Å². The van der Waals surface area contributed by atoms with Crippen molar-refractivity contribution in [1.29, 1.82) is 0 Å². The number of rotatable bonds is 5. The third-order valence-electron chi connectivity index (χ3n) is 3.83. The highest BCUT2D eigenvalue weighted by atomic mass is 35.5. The molecule has 12 heteroatoms. The Bertz CT molecular complexity index is 1280. The van der Waals surface area contributed by atoms with E-state index < -0.39 is 20.7 Å². The number of benzene rings is 3. The van der Waals surface area contributed by atoms with Crippen LogP contribution in [0.1, 0.15) is 0 Å². The van der Waals surface area contributed by atoms with Gasteiger partial charge >= 0.3 is 0 Å². The lowest BCUT2D eigenvalue weighted by Crippen LogP contribution is -2.05. The fraction of sp³-hybridized carbons (Fsp3) is 0. The van der Waals surface area contributed by atoms with Crippen LogP contribution in [0.15, 0.2) is 79.9 Å². The maximum absolute atomic E-state index is 11.8. The normalized spacial score (nSPS) is 12.1. The molecule has 0 amide bonds. The second kappa shape index (κ2) is 8.76. The fourth-order valence-corrected chi connectivity index (χ4v) is 3.33. The van der Waals surface area contributed by atoms with Crippen molar-refractivity contribution in [3.05, 3.63) is 64.6 Å². The second-order valence-electron chi connectivity index (χ2n) is 5.85. The molecule has 0 saturated carbocycles. The summed E-state index contributed by atoms with van der Waals surface area (Å²) in [6, 6.07) is 14.2. The zero-order chi connectivity index (χ0) is 21.9. The molecule has 5 N–H and O–H groups in total.